The summed E-state index contributed by atoms with van der Waals surface area (Å²) >= 11 is 0. The summed E-state index contributed by atoms with van der Waals surface area (Å²) < 4.78 is 5.19. The standard InChI is InChI=1S/C16H20O5/c1-3-12(9-8-11(2)17)10-21-16(20)14-7-5-4-6-13(14)15(18)19/h4-7,12H,3,8-10H2,1-2H3,(H,18,19)/i4+1,5+1,6+1,7+1,13+1,14+1. The van der Waals surface area contributed by atoms with Crippen molar-refractivity contribution in [2.24, 2.45) is 5.92 Å². The Morgan fingerprint density at radius 3 is 2.33 bits per heavy atom. The number of rotatable bonds is 8. The highest BCUT2D eigenvalue weighted by Gasteiger charge is 2.18. The second-order valence-corrected chi connectivity index (χ2v) is 4.96. The molecular weight excluding hydrogens is 278 g/mol. The summed E-state index contributed by atoms with van der Waals surface area (Å²) in [5, 5.41) is 9.04. The number of carbonyl (C=O) groups is 3. The number of hydrogen-bond acceptors (Lipinski definition) is 4. The van der Waals surface area contributed by atoms with Crippen molar-refractivity contribution in [3.8, 4) is 0 Å². The molecule has 0 amide bonds. The fourth-order valence-corrected chi connectivity index (χ4v) is 1.93. The maximum Gasteiger partial charge on any atom is 0.339 e. The monoisotopic (exact) mass is 298 g/mol. The second-order valence-electron chi connectivity index (χ2n) is 4.96. The van der Waals surface area contributed by atoms with E-state index in [0.717, 1.165) is 6.42 Å². The number of carbonyl (C=O) groups excluding carboxylic acids is 2. The molecule has 0 spiro atoms. The van der Waals surface area contributed by atoms with Gasteiger partial charge in [0.2, 0.25) is 0 Å². The van der Waals surface area contributed by atoms with Crippen LogP contribution in [0.4, 0.5) is 0 Å². The van der Waals surface area contributed by atoms with Crippen molar-refractivity contribution >= 4 is 17.7 Å². The van der Waals surface area contributed by atoms with Gasteiger partial charge in [0.1, 0.15) is 5.78 Å². The maximum atomic E-state index is 12.0. The molecule has 0 aliphatic heterocycles. The summed E-state index contributed by atoms with van der Waals surface area (Å²) in [6, 6.07) is 5.95. The van der Waals surface area contributed by atoms with E-state index in [1.54, 1.807) is 12.1 Å². The molecule has 0 saturated carbocycles. The van der Waals surface area contributed by atoms with Crippen LogP contribution >= 0.6 is 0 Å². The van der Waals surface area contributed by atoms with Crippen LogP contribution in [-0.2, 0) is 9.53 Å². The van der Waals surface area contributed by atoms with E-state index in [4.69, 9.17) is 9.84 Å². The average Bonchev–Trinajstić information content (AvgIpc) is 2.46. The number of carboxylic acid groups (broad SMARTS) is 1. The molecule has 5 heteroatoms. The van der Waals surface area contributed by atoms with Crippen LogP contribution in [0, 0.1) is 5.92 Å². The molecule has 0 fully saturated rings. The average molecular weight is 298 g/mol. The van der Waals surface area contributed by atoms with Crippen molar-refractivity contribution in [2.45, 2.75) is 33.1 Å². The summed E-state index contributed by atoms with van der Waals surface area (Å²) in [4.78, 5) is 34.0. The second kappa shape index (κ2) is 8.19. The van der Waals surface area contributed by atoms with Gasteiger partial charge in [0, 0.05) is 6.42 Å². The Bertz CT molecular complexity index is 521. The first-order chi connectivity index (χ1) is 9.95. The number of hydrogen-bond donors (Lipinski definition) is 1. The lowest BCUT2D eigenvalue weighted by atomic mass is 10.0. The van der Waals surface area contributed by atoms with Gasteiger partial charge in [-0.05, 0) is 31.4 Å². The third kappa shape index (κ3) is 5.38. The number of benzene rings is 1. The molecule has 0 saturated heterocycles. The topological polar surface area (TPSA) is 80.7 Å². The zero-order chi connectivity index (χ0) is 15.8. The van der Waals surface area contributed by atoms with Crippen LogP contribution in [0.3, 0.4) is 0 Å². The van der Waals surface area contributed by atoms with Gasteiger partial charge in [-0.15, -0.1) is 0 Å². The first-order valence-electron chi connectivity index (χ1n) is 6.94. The SMILES string of the molecule is CCC(CCC(C)=O)COC(=O)[13c]1[13cH][13cH][13cH][13cH][13c]1C(=O)O. The summed E-state index contributed by atoms with van der Waals surface area (Å²) in [5.74, 6) is -1.59. The van der Waals surface area contributed by atoms with Crippen LogP contribution in [0.15, 0.2) is 24.3 Å². The molecule has 114 valence electrons. The zero-order valence-corrected chi connectivity index (χ0v) is 12.3. The minimum Gasteiger partial charge on any atom is -0.478 e. The molecule has 0 aliphatic rings. The Balaban J connectivity index is 2.64. The van der Waals surface area contributed by atoms with E-state index in [1.165, 1.54) is 19.1 Å². The van der Waals surface area contributed by atoms with E-state index < -0.39 is 11.9 Å². The van der Waals surface area contributed by atoms with E-state index in [9.17, 15) is 14.4 Å². The molecule has 1 aromatic rings. The minimum atomic E-state index is -1.16. The highest BCUT2D eigenvalue weighted by Crippen LogP contribution is 2.15. The largest absolute Gasteiger partial charge is 0.478 e. The Labute approximate surface area is 123 Å². The van der Waals surface area contributed by atoms with E-state index in [2.05, 4.69) is 0 Å². The van der Waals surface area contributed by atoms with Crippen molar-refractivity contribution in [1.82, 2.24) is 0 Å². The van der Waals surface area contributed by atoms with Crippen LogP contribution in [0.25, 0.3) is 0 Å². The van der Waals surface area contributed by atoms with E-state index in [0.29, 0.717) is 12.8 Å². The number of Topliss-reactive ketones (excluding diaryl/α,β-unsaturated/α-hetero) is 1. The lowest BCUT2D eigenvalue weighted by Gasteiger charge is -2.14. The van der Waals surface area contributed by atoms with Crippen LogP contribution in [0.5, 0.6) is 0 Å². The van der Waals surface area contributed by atoms with Crippen molar-refractivity contribution in [1.29, 1.82) is 0 Å². The molecule has 0 bridgehead atoms. The first-order valence-corrected chi connectivity index (χ1v) is 6.94. The van der Waals surface area contributed by atoms with Crippen LogP contribution in [0.2, 0.25) is 0 Å². The molecule has 0 aliphatic carbocycles. The predicted octanol–water partition coefficient (Wildman–Crippen LogP) is 2.94. The number of ether oxygens (including phenoxy) is 1. The van der Waals surface area contributed by atoms with Crippen LogP contribution in [0.1, 0.15) is 53.8 Å². The number of esters is 1. The Kier molecular flexibility index (Phi) is 6.59. The van der Waals surface area contributed by atoms with E-state index in [1.807, 2.05) is 6.92 Å². The van der Waals surface area contributed by atoms with Crippen molar-refractivity contribution in [3.63, 3.8) is 0 Å². The smallest absolute Gasteiger partial charge is 0.339 e. The summed E-state index contributed by atoms with van der Waals surface area (Å²) in [6.45, 7) is 3.68. The number of ketones is 1. The quantitative estimate of drug-likeness (QED) is 0.746. The predicted molar refractivity (Wildman–Crippen MR) is 77.4 cm³/mol. The molecule has 5 nitrogen and oxygen atoms in total. The molecule has 0 heterocycles. The minimum absolute atomic E-state index is 0.0476. The Hall–Kier alpha value is -2.17. The van der Waals surface area contributed by atoms with Gasteiger partial charge in [-0.3, -0.25) is 0 Å². The molecule has 21 heavy (non-hydrogen) atoms. The van der Waals surface area contributed by atoms with Crippen molar-refractivity contribution in [2.75, 3.05) is 6.61 Å². The Morgan fingerprint density at radius 2 is 1.81 bits per heavy atom. The summed E-state index contributed by atoms with van der Waals surface area (Å²) in [6.07, 6.45) is 1.92. The van der Waals surface area contributed by atoms with Gasteiger partial charge in [0.15, 0.2) is 0 Å². The van der Waals surface area contributed by atoms with Crippen LogP contribution < -0.4 is 0 Å². The highest BCUT2D eigenvalue weighted by molar-refractivity contribution is 6.02. The molecule has 1 N–H and O–H groups in total. The van der Waals surface area contributed by atoms with Gasteiger partial charge in [-0.25, -0.2) is 9.59 Å². The van der Waals surface area contributed by atoms with Gasteiger partial charge in [-0.1, -0.05) is 25.5 Å². The third-order valence-electron chi connectivity index (χ3n) is 3.31. The lowest BCUT2D eigenvalue weighted by Crippen LogP contribution is -2.17. The summed E-state index contributed by atoms with van der Waals surface area (Å²) in [5.41, 5.74) is -0.0225. The van der Waals surface area contributed by atoms with Gasteiger partial charge in [0.05, 0.1) is 17.7 Å². The lowest BCUT2D eigenvalue weighted by molar-refractivity contribution is -0.117. The number of carboxylic acids is 1. The molecule has 1 aromatic carbocycles. The maximum absolute atomic E-state index is 12.0. The van der Waals surface area contributed by atoms with E-state index >= 15 is 0 Å². The summed E-state index contributed by atoms with van der Waals surface area (Å²) in [7, 11) is 0. The molecule has 0 aromatic heterocycles. The molecule has 1 unspecified atom stereocenters. The normalized spacial score (nSPS) is 11.7. The van der Waals surface area contributed by atoms with Gasteiger partial charge < -0.3 is 14.6 Å². The molecule has 1 atom stereocenters. The van der Waals surface area contributed by atoms with E-state index in [-0.39, 0.29) is 29.4 Å². The highest BCUT2D eigenvalue weighted by atomic mass is 16.5. The van der Waals surface area contributed by atoms with Crippen molar-refractivity contribution in [3.05, 3.63) is 35.4 Å². The number of aromatic carboxylic acids is 1. The molecular formula is C16H20O5. The molecule has 1 rings (SSSR count). The molecule has 0 radical (unpaired) electrons. The van der Waals surface area contributed by atoms with Crippen LogP contribution in [-0.4, -0.2) is 29.4 Å². The third-order valence-corrected chi connectivity index (χ3v) is 3.31. The fourth-order valence-electron chi connectivity index (χ4n) is 1.93. The van der Waals surface area contributed by atoms with Crippen molar-refractivity contribution < 1.29 is 24.2 Å². The first kappa shape index (κ1) is 16.9. The Morgan fingerprint density at radius 1 is 1.19 bits per heavy atom. The van der Waals surface area contributed by atoms with Gasteiger partial charge >= 0.3 is 11.9 Å². The van der Waals surface area contributed by atoms with Gasteiger partial charge in [-0.2, -0.15) is 0 Å². The fraction of sp³-hybridized carbons (Fsp3) is 0.438. The van der Waals surface area contributed by atoms with Gasteiger partial charge in [0.25, 0.3) is 0 Å². The zero-order valence-electron chi connectivity index (χ0n) is 12.3.